The summed E-state index contributed by atoms with van der Waals surface area (Å²) >= 11 is 0. The van der Waals surface area contributed by atoms with Crippen molar-refractivity contribution in [2.45, 2.75) is 19.8 Å². The highest BCUT2D eigenvalue weighted by Gasteiger charge is 2.12. The lowest BCUT2D eigenvalue weighted by molar-refractivity contribution is -0.255. The number of carboxylic acids is 1. The van der Waals surface area contributed by atoms with Gasteiger partial charge in [0.1, 0.15) is 5.82 Å². The zero-order valence-electron chi connectivity index (χ0n) is 12.7. The van der Waals surface area contributed by atoms with Crippen LogP contribution in [0.3, 0.4) is 0 Å². The van der Waals surface area contributed by atoms with Gasteiger partial charge < -0.3 is 9.90 Å². The fourth-order valence-corrected chi connectivity index (χ4v) is 2.58. The second kappa shape index (κ2) is 6.04. The maximum absolute atomic E-state index is 12.8. The van der Waals surface area contributed by atoms with Crippen LogP contribution >= 0.6 is 0 Å². The first-order valence-electron chi connectivity index (χ1n) is 7.44. The average Bonchev–Trinajstić information content (AvgIpc) is 2.56. The first-order chi connectivity index (χ1) is 11.1. The SMILES string of the molecule is CCCc1nc2ccccc2c(=O)n1-c1ccc(C(=O)[O-])cc1. The molecular formula is C18H15N2O3-. The molecule has 0 radical (unpaired) electrons. The van der Waals surface area contributed by atoms with Crippen LogP contribution in [0.2, 0.25) is 0 Å². The number of nitrogens with zero attached hydrogens (tertiary/aromatic N) is 2. The number of rotatable bonds is 4. The summed E-state index contributed by atoms with van der Waals surface area (Å²) in [5.74, 6) is -0.577. The van der Waals surface area contributed by atoms with Gasteiger partial charge in [0, 0.05) is 6.42 Å². The van der Waals surface area contributed by atoms with Gasteiger partial charge in [0.15, 0.2) is 0 Å². The van der Waals surface area contributed by atoms with E-state index in [4.69, 9.17) is 0 Å². The number of aryl methyl sites for hydroxylation is 1. The van der Waals surface area contributed by atoms with Crippen LogP contribution in [-0.4, -0.2) is 15.5 Å². The number of para-hydroxylation sites is 1. The van der Waals surface area contributed by atoms with Crippen molar-refractivity contribution in [1.82, 2.24) is 9.55 Å². The van der Waals surface area contributed by atoms with E-state index < -0.39 is 5.97 Å². The summed E-state index contributed by atoms with van der Waals surface area (Å²) in [7, 11) is 0. The maximum atomic E-state index is 12.8. The first kappa shape index (κ1) is 15.0. The normalized spacial score (nSPS) is 10.8. The molecule has 0 spiro atoms. The van der Waals surface area contributed by atoms with Gasteiger partial charge in [0.2, 0.25) is 0 Å². The number of benzene rings is 2. The Labute approximate surface area is 132 Å². The number of carbonyl (C=O) groups excluding carboxylic acids is 1. The van der Waals surface area contributed by atoms with Crippen LogP contribution in [0, 0.1) is 0 Å². The van der Waals surface area contributed by atoms with Crippen molar-refractivity contribution >= 4 is 16.9 Å². The van der Waals surface area contributed by atoms with E-state index in [2.05, 4.69) is 4.98 Å². The third-order valence-corrected chi connectivity index (χ3v) is 3.68. The van der Waals surface area contributed by atoms with E-state index in [1.54, 1.807) is 28.8 Å². The molecule has 116 valence electrons. The lowest BCUT2D eigenvalue weighted by atomic mass is 10.2. The third-order valence-electron chi connectivity index (χ3n) is 3.68. The Kier molecular flexibility index (Phi) is 3.93. The summed E-state index contributed by atoms with van der Waals surface area (Å²) in [5, 5.41) is 11.4. The zero-order chi connectivity index (χ0) is 16.4. The average molecular weight is 307 g/mol. The van der Waals surface area contributed by atoms with Gasteiger partial charge in [0.25, 0.3) is 5.56 Å². The second-order valence-corrected chi connectivity index (χ2v) is 5.27. The van der Waals surface area contributed by atoms with Crippen LogP contribution in [0.25, 0.3) is 16.6 Å². The number of hydrogen-bond acceptors (Lipinski definition) is 4. The Morgan fingerprint density at radius 1 is 1.13 bits per heavy atom. The number of aromatic nitrogens is 2. The molecule has 1 aromatic heterocycles. The molecule has 5 nitrogen and oxygen atoms in total. The molecule has 0 saturated heterocycles. The van der Waals surface area contributed by atoms with Gasteiger partial charge in [0.05, 0.1) is 22.6 Å². The maximum Gasteiger partial charge on any atom is 0.265 e. The number of carbonyl (C=O) groups is 1. The molecule has 0 bridgehead atoms. The fourth-order valence-electron chi connectivity index (χ4n) is 2.58. The molecular weight excluding hydrogens is 292 g/mol. The lowest BCUT2D eigenvalue weighted by Crippen LogP contribution is -2.25. The summed E-state index contributed by atoms with van der Waals surface area (Å²) in [6.45, 7) is 2.02. The summed E-state index contributed by atoms with van der Waals surface area (Å²) in [6, 6.07) is 13.3. The predicted molar refractivity (Wildman–Crippen MR) is 85.7 cm³/mol. The fraction of sp³-hybridized carbons (Fsp3) is 0.167. The van der Waals surface area contributed by atoms with Crippen LogP contribution < -0.4 is 10.7 Å². The Morgan fingerprint density at radius 2 is 1.83 bits per heavy atom. The van der Waals surface area contributed by atoms with Crippen molar-refractivity contribution in [3.63, 3.8) is 0 Å². The molecule has 1 heterocycles. The van der Waals surface area contributed by atoms with Crippen molar-refractivity contribution in [2.75, 3.05) is 0 Å². The minimum Gasteiger partial charge on any atom is -0.545 e. The van der Waals surface area contributed by atoms with E-state index in [1.165, 1.54) is 12.1 Å². The topological polar surface area (TPSA) is 75.0 Å². The van der Waals surface area contributed by atoms with Gasteiger partial charge in [-0.25, -0.2) is 4.98 Å². The molecule has 0 aliphatic rings. The van der Waals surface area contributed by atoms with Gasteiger partial charge >= 0.3 is 0 Å². The van der Waals surface area contributed by atoms with Crippen molar-refractivity contribution in [1.29, 1.82) is 0 Å². The monoisotopic (exact) mass is 307 g/mol. The number of hydrogen-bond donors (Lipinski definition) is 0. The minimum absolute atomic E-state index is 0.0765. The van der Waals surface area contributed by atoms with E-state index in [0.717, 1.165) is 6.42 Å². The highest BCUT2D eigenvalue weighted by Crippen LogP contribution is 2.15. The summed E-state index contributed by atoms with van der Waals surface area (Å²) in [4.78, 5) is 28.3. The van der Waals surface area contributed by atoms with E-state index in [1.807, 2.05) is 19.1 Å². The molecule has 5 heteroatoms. The molecule has 3 aromatic rings. The van der Waals surface area contributed by atoms with Crippen molar-refractivity contribution in [2.24, 2.45) is 0 Å². The summed E-state index contributed by atoms with van der Waals surface area (Å²) in [5.41, 5.74) is 1.19. The van der Waals surface area contributed by atoms with Crippen molar-refractivity contribution < 1.29 is 9.90 Å². The van der Waals surface area contributed by atoms with Crippen molar-refractivity contribution in [3.8, 4) is 5.69 Å². The standard InChI is InChI=1S/C18H16N2O3/c1-2-5-16-19-15-7-4-3-6-14(15)17(21)20(16)13-10-8-12(9-11-13)18(22)23/h3-4,6-11H,2,5H2,1H3,(H,22,23)/p-1. The van der Waals surface area contributed by atoms with Gasteiger partial charge in [-0.05, 0) is 36.2 Å². The first-order valence-corrected chi connectivity index (χ1v) is 7.44. The van der Waals surface area contributed by atoms with Gasteiger partial charge in [-0.3, -0.25) is 9.36 Å². The molecule has 0 fully saturated rings. The summed E-state index contributed by atoms with van der Waals surface area (Å²) in [6.07, 6.45) is 1.50. The Morgan fingerprint density at radius 3 is 2.48 bits per heavy atom. The highest BCUT2D eigenvalue weighted by molar-refractivity contribution is 5.86. The van der Waals surface area contributed by atoms with Crippen molar-refractivity contribution in [3.05, 3.63) is 70.3 Å². The van der Waals surface area contributed by atoms with Crippen LogP contribution in [0.15, 0.2) is 53.3 Å². The smallest absolute Gasteiger partial charge is 0.265 e. The largest absolute Gasteiger partial charge is 0.545 e. The molecule has 0 N–H and O–H groups in total. The van der Waals surface area contributed by atoms with Crippen LogP contribution in [-0.2, 0) is 6.42 Å². The molecule has 0 atom stereocenters. The Hall–Kier alpha value is -2.95. The highest BCUT2D eigenvalue weighted by atomic mass is 16.4. The number of aromatic carboxylic acids is 1. The second-order valence-electron chi connectivity index (χ2n) is 5.27. The van der Waals surface area contributed by atoms with Crippen LogP contribution in [0.5, 0.6) is 0 Å². The van der Waals surface area contributed by atoms with Crippen LogP contribution in [0.4, 0.5) is 0 Å². The lowest BCUT2D eigenvalue weighted by Gasteiger charge is -2.14. The number of fused-ring (bicyclic) bond motifs is 1. The van der Waals surface area contributed by atoms with Gasteiger partial charge in [-0.1, -0.05) is 31.2 Å². The van der Waals surface area contributed by atoms with E-state index in [0.29, 0.717) is 28.8 Å². The Bertz CT molecular complexity index is 927. The van der Waals surface area contributed by atoms with Gasteiger partial charge in [-0.15, -0.1) is 0 Å². The molecule has 0 amide bonds. The minimum atomic E-state index is -1.24. The quantitative estimate of drug-likeness (QED) is 0.735. The zero-order valence-corrected chi connectivity index (χ0v) is 12.7. The van der Waals surface area contributed by atoms with E-state index in [-0.39, 0.29) is 11.1 Å². The molecule has 0 aliphatic heterocycles. The number of carboxylic acid groups (broad SMARTS) is 1. The molecule has 2 aromatic carbocycles. The van der Waals surface area contributed by atoms with E-state index >= 15 is 0 Å². The molecule has 0 unspecified atom stereocenters. The molecule has 0 saturated carbocycles. The molecule has 3 rings (SSSR count). The molecule has 23 heavy (non-hydrogen) atoms. The molecule has 0 aliphatic carbocycles. The third kappa shape index (κ3) is 2.73. The van der Waals surface area contributed by atoms with Crippen LogP contribution in [0.1, 0.15) is 29.5 Å². The van der Waals surface area contributed by atoms with Gasteiger partial charge in [-0.2, -0.15) is 0 Å². The Balaban J connectivity index is 2.26. The summed E-state index contributed by atoms with van der Waals surface area (Å²) < 4.78 is 1.55. The predicted octanol–water partition coefficient (Wildman–Crippen LogP) is 1.70. The van der Waals surface area contributed by atoms with E-state index in [9.17, 15) is 14.7 Å².